The molecule has 2 N–H and O–H groups in total. The van der Waals surface area contributed by atoms with Gasteiger partial charge in [0, 0.05) is 42.4 Å². The van der Waals surface area contributed by atoms with Gasteiger partial charge in [0.25, 0.3) is 0 Å². The number of hydrogen-bond acceptors (Lipinski definition) is 8. The van der Waals surface area contributed by atoms with Crippen LogP contribution in [0.4, 0.5) is 22.2 Å². The second-order valence-corrected chi connectivity index (χ2v) is 12.4. The van der Waals surface area contributed by atoms with E-state index in [-0.39, 0.29) is 12.1 Å². The third-order valence-electron chi connectivity index (χ3n) is 7.93. The number of nitrogens with zero attached hydrogens (tertiary/aromatic N) is 6. The summed E-state index contributed by atoms with van der Waals surface area (Å²) in [5.41, 5.74) is 5.11. The number of carbonyl (C=O) groups excluding carboxylic acids is 1. The molecule has 7 rings (SSSR count). The van der Waals surface area contributed by atoms with Crippen molar-refractivity contribution >= 4 is 45.6 Å². The molecule has 1 saturated carbocycles. The summed E-state index contributed by atoms with van der Waals surface area (Å²) < 4.78 is 7.73. The number of nitrogens with one attached hydrogen (secondary N) is 2. The average Bonchev–Trinajstić information content (AvgIpc) is 3.71. The molecule has 1 aliphatic heterocycles. The molecule has 2 aromatic carbocycles. The Morgan fingerprint density at radius 2 is 1.74 bits per heavy atom. The van der Waals surface area contributed by atoms with Gasteiger partial charge in [0.2, 0.25) is 5.95 Å². The van der Waals surface area contributed by atoms with Gasteiger partial charge in [-0.15, -0.1) is 0 Å². The highest BCUT2D eigenvalue weighted by Crippen LogP contribution is 2.34. The Balaban J connectivity index is 1.19. The van der Waals surface area contributed by atoms with E-state index in [1.807, 2.05) is 69.7 Å². The number of benzene rings is 2. The van der Waals surface area contributed by atoms with Crippen molar-refractivity contribution in [1.29, 1.82) is 0 Å². The molecule has 0 unspecified atom stereocenters. The molecule has 4 heterocycles. The molecule has 0 spiro atoms. The van der Waals surface area contributed by atoms with Crippen LogP contribution in [-0.2, 0) is 4.74 Å². The van der Waals surface area contributed by atoms with Gasteiger partial charge in [0.15, 0.2) is 17.0 Å². The first-order chi connectivity index (χ1) is 20.8. The Morgan fingerprint density at radius 1 is 0.953 bits per heavy atom. The molecule has 220 valence electrons. The van der Waals surface area contributed by atoms with Gasteiger partial charge in [-0.05, 0) is 81.8 Å². The number of carbonyl (C=O) groups is 1. The number of piperidine rings is 1. The lowest BCUT2D eigenvalue weighted by Crippen LogP contribution is -2.42. The van der Waals surface area contributed by atoms with Gasteiger partial charge < -0.3 is 24.8 Å². The smallest absolute Gasteiger partial charge is 0.410 e. The van der Waals surface area contributed by atoms with Crippen LogP contribution in [0.2, 0.25) is 0 Å². The van der Waals surface area contributed by atoms with Crippen LogP contribution < -0.4 is 10.6 Å². The highest BCUT2D eigenvalue weighted by atomic mass is 16.6. The normalized spacial score (nSPS) is 16.0. The van der Waals surface area contributed by atoms with Gasteiger partial charge in [-0.1, -0.05) is 30.3 Å². The quantitative estimate of drug-likeness (QED) is 0.224. The van der Waals surface area contributed by atoms with Crippen molar-refractivity contribution in [2.45, 2.75) is 64.1 Å². The lowest BCUT2D eigenvalue weighted by molar-refractivity contribution is 0.0189. The van der Waals surface area contributed by atoms with E-state index in [1.165, 1.54) is 0 Å². The Bertz CT molecular complexity index is 1780. The molecule has 43 heavy (non-hydrogen) atoms. The van der Waals surface area contributed by atoms with Gasteiger partial charge in [0.05, 0.1) is 11.8 Å². The molecule has 0 radical (unpaired) electrons. The standard InChI is InChI=1S/C33H36N8O2/c1-33(2,3)43-32(42)40-17-14-24(15-18-40)41-20-35-28-29(36-22-9-10-22)38-31(39-30(28)41)37-23-11-12-27-26(19-23)25(13-16-34-27)21-7-5-4-6-8-21/h4-8,11-13,16,19-20,22,24H,9-10,14-15,17-18H2,1-3H3,(H2,36,37,38,39). The Morgan fingerprint density at radius 3 is 2.49 bits per heavy atom. The maximum absolute atomic E-state index is 12.6. The molecular weight excluding hydrogens is 540 g/mol. The fraction of sp³-hybridized carbons (Fsp3) is 0.364. The van der Waals surface area contributed by atoms with Gasteiger partial charge >= 0.3 is 6.09 Å². The lowest BCUT2D eigenvalue weighted by atomic mass is 10.0. The molecule has 1 amide bonds. The molecule has 1 saturated heterocycles. The number of pyridine rings is 1. The number of amides is 1. The van der Waals surface area contributed by atoms with Crippen molar-refractivity contribution < 1.29 is 9.53 Å². The monoisotopic (exact) mass is 576 g/mol. The van der Waals surface area contributed by atoms with Crippen molar-refractivity contribution in [3.8, 4) is 11.1 Å². The van der Waals surface area contributed by atoms with Crippen LogP contribution in [0.25, 0.3) is 33.2 Å². The van der Waals surface area contributed by atoms with Gasteiger partial charge in [-0.25, -0.2) is 9.78 Å². The van der Waals surface area contributed by atoms with Gasteiger partial charge in [-0.2, -0.15) is 9.97 Å². The molecule has 1 aliphatic carbocycles. The summed E-state index contributed by atoms with van der Waals surface area (Å²) in [5, 5.41) is 8.08. The van der Waals surface area contributed by atoms with E-state index in [0.29, 0.717) is 25.1 Å². The lowest BCUT2D eigenvalue weighted by Gasteiger charge is -2.33. The number of likely N-dealkylation sites (tertiary alicyclic amines) is 1. The van der Waals surface area contributed by atoms with Crippen molar-refractivity contribution in [3.05, 3.63) is 67.1 Å². The number of rotatable bonds is 6. The highest BCUT2D eigenvalue weighted by molar-refractivity contribution is 5.96. The fourth-order valence-electron chi connectivity index (χ4n) is 5.64. The summed E-state index contributed by atoms with van der Waals surface area (Å²) in [4.78, 5) is 33.6. The minimum absolute atomic E-state index is 0.167. The first-order valence-electron chi connectivity index (χ1n) is 15.0. The predicted molar refractivity (Wildman–Crippen MR) is 169 cm³/mol. The SMILES string of the molecule is CC(C)(C)OC(=O)N1CCC(n2cnc3c(NC4CC4)nc(Nc4ccc5nccc(-c6ccccc6)c5c4)nc32)CC1. The molecule has 0 bridgehead atoms. The average molecular weight is 577 g/mol. The minimum Gasteiger partial charge on any atom is -0.444 e. The number of hydrogen-bond donors (Lipinski definition) is 2. The summed E-state index contributed by atoms with van der Waals surface area (Å²) in [6.45, 7) is 6.93. The van der Waals surface area contributed by atoms with Crippen LogP contribution in [0.15, 0.2) is 67.1 Å². The van der Waals surface area contributed by atoms with Crippen LogP contribution >= 0.6 is 0 Å². The van der Waals surface area contributed by atoms with Crippen molar-refractivity contribution in [2.75, 3.05) is 23.7 Å². The maximum Gasteiger partial charge on any atom is 0.410 e. The summed E-state index contributed by atoms with van der Waals surface area (Å²) in [6, 6.07) is 19.1. The maximum atomic E-state index is 12.6. The number of imidazole rings is 1. The number of fused-ring (bicyclic) bond motifs is 2. The van der Waals surface area contributed by atoms with E-state index in [1.54, 1.807) is 4.90 Å². The Labute approximate surface area is 250 Å². The number of anilines is 3. The van der Waals surface area contributed by atoms with E-state index in [9.17, 15) is 4.79 Å². The minimum atomic E-state index is -0.509. The summed E-state index contributed by atoms with van der Waals surface area (Å²) in [6.07, 6.45) is 7.29. The van der Waals surface area contributed by atoms with Crippen LogP contribution in [0.5, 0.6) is 0 Å². The summed E-state index contributed by atoms with van der Waals surface area (Å²) in [5.74, 6) is 1.25. The third kappa shape index (κ3) is 5.82. The molecule has 0 atom stereocenters. The molecule has 2 aliphatic rings. The van der Waals surface area contributed by atoms with Crippen LogP contribution in [0.1, 0.15) is 52.5 Å². The third-order valence-corrected chi connectivity index (χ3v) is 7.93. The Hall–Kier alpha value is -4.73. The Kier molecular flexibility index (Phi) is 6.83. The fourth-order valence-corrected chi connectivity index (χ4v) is 5.64. The number of ether oxygens (including phenoxy) is 1. The first-order valence-corrected chi connectivity index (χ1v) is 15.0. The van der Waals surface area contributed by atoms with Crippen LogP contribution in [0.3, 0.4) is 0 Å². The summed E-state index contributed by atoms with van der Waals surface area (Å²) in [7, 11) is 0. The second-order valence-electron chi connectivity index (χ2n) is 12.4. The van der Waals surface area contributed by atoms with Crippen molar-refractivity contribution in [3.63, 3.8) is 0 Å². The summed E-state index contributed by atoms with van der Waals surface area (Å²) >= 11 is 0. The zero-order chi connectivity index (χ0) is 29.6. The van der Waals surface area contributed by atoms with Crippen molar-refractivity contribution in [1.82, 2.24) is 29.4 Å². The van der Waals surface area contributed by atoms with Crippen LogP contribution in [0, 0.1) is 0 Å². The number of aromatic nitrogens is 5. The molecule has 10 nitrogen and oxygen atoms in total. The van der Waals surface area contributed by atoms with E-state index in [2.05, 4.69) is 38.4 Å². The zero-order valence-corrected chi connectivity index (χ0v) is 24.7. The molecule has 3 aromatic heterocycles. The van der Waals surface area contributed by atoms with E-state index in [4.69, 9.17) is 19.7 Å². The van der Waals surface area contributed by atoms with Gasteiger partial charge in [-0.3, -0.25) is 4.98 Å². The second kappa shape index (κ2) is 10.8. The van der Waals surface area contributed by atoms with E-state index in [0.717, 1.165) is 70.4 Å². The predicted octanol–water partition coefficient (Wildman–Crippen LogP) is 6.93. The zero-order valence-electron chi connectivity index (χ0n) is 24.7. The van der Waals surface area contributed by atoms with E-state index >= 15 is 0 Å². The highest BCUT2D eigenvalue weighted by Gasteiger charge is 2.30. The topological polar surface area (TPSA) is 110 Å². The largest absolute Gasteiger partial charge is 0.444 e. The molecule has 5 aromatic rings. The first kappa shape index (κ1) is 27.1. The molecule has 10 heteroatoms. The van der Waals surface area contributed by atoms with Crippen molar-refractivity contribution in [2.24, 2.45) is 0 Å². The van der Waals surface area contributed by atoms with Crippen LogP contribution in [-0.4, -0.2) is 60.2 Å². The van der Waals surface area contributed by atoms with E-state index < -0.39 is 5.60 Å². The van der Waals surface area contributed by atoms with Gasteiger partial charge in [0.1, 0.15) is 5.60 Å². The molecular formula is C33H36N8O2. The molecule has 2 fully saturated rings.